The summed E-state index contributed by atoms with van der Waals surface area (Å²) in [6.07, 6.45) is 0. The Bertz CT molecular complexity index is 646. The number of anilines is 1. The minimum atomic E-state index is -0.386. The van der Waals surface area contributed by atoms with Gasteiger partial charge in [-0.15, -0.1) is 0 Å². The minimum Gasteiger partial charge on any atom is -0.497 e. The van der Waals surface area contributed by atoms with Crippen LogP contribution in [0, 0.1) is 0 Å². The molecule has 0 fully saturated rings. The van der Waals surface area contributed by atoms with E-state index in [9.17, 15) is 4.79 Å². The van der Waals surface area contributed by atoms with Crippen molar-refractivity contribution in [2.45, 2.75) is 26.8 Å². The van der Waals surface area contributed by atoms with Gasteiger partial charge in [0.2, 0.25) is 11.9 Å². The van der Waals surface area contributed by atoms with Crippen LogP contribution in [0.25, 0.3) is 11.0 Å². The molecular formula is C15H22N4O2. The van der Waals surface area contributed by atoms with E-state index in [1.165, 1.54) is 0 Å². The van der Waals surface area contributed by atoms with Crippen LogP contribution in [0.4, 0.5) is 5.95 Å². The lowest BCUT2D eigenvalue weighted by Crippen LogP contribution is -2.36. The smallest absolute Gasteiger partial charge is 0.245 e. The number of nitrogens with two attached hydrogens (primary N) is 1. The molecule has 1 amide bonds. The predicted molar refractivity (Wildman–Crippen MR) is 83.3 cm³/mol. The number of carbonyl (C=O) groups is 1. The molecule has 0 radical (unpaired) electrons. The van der Waals surface area contributed by atoms with Crippen molar-refractivity contribution in [2.75, 3.05) is 25.9 Å². The highest BCUT2D eigenvalue weighted by Gasteiger charge is 2.23. The highest BCUT2D eigenvalue weighted by molar-refractivity contribution is 5.86. The monoisotopic (exact) mass is 290 g/mol. The number of carbonyl (C=O) groups excluding carboxylic acids is 1. The SMILES string of the molecule is CCN(CC)C(=O)C(C)n1c(N)nc2cc(OC)ccc21. The molecule has 0 spiro atoms. The number of benzene rings is 1. The Morgan fingerprint density at radius 2 is 2.10 bits per heavy atom. The maximum Gasteiger partial charge on any atom is 0.245 e. The lowest BCUT2D eigenvalue weighted by atomic mass is 10.2. The predicted octanol–water partition coefficient (Wildman–Crippen LogP) is 2.06. The summed E-state index contributed by atoms with van der Waals surface area (Å²) in [5.41, 5.74) is 7.57. The van der Waals surface area contributed by atoms with Crippen molar-refractivity contribution in [3.63, 3.8) is 0 Å². The van der Waals surface area contributed by atoms with Gasteiger partial charge >= 0.3 is 0 Å². The summed E-state index contributed by atoms with van der Waals surface area (Å²) in [5.74, 6) is 1.10. The topological polar surface area (TPSA) is 73.4 Å². The summed E-state index contributed by atoms with van der Waals surface area (Å²) < 4.78 is 6.96. The number of hydrogen-bond donors (Lipinski definition) is 1. The maximum atomic E-state index is 12.5. The van der Waals surface area contributed by atoms with E-state index in [1.54, 1.807) is 16.6 Å². The zero-order chi connectivity index (χ0) is 15.6. The highest BCUT2D eigenvalue weighted by Crippen LogP contribution is 2.26. The van der Waals surface area contributed by atoms with Crippen LogP contribution < -0.4 is 10.5 Å². The molecule has 0 aliphatic heterocycles. The molecule has 21 heavy (non-hydrogen) atoms. The van der Waals surface area contributed by atoms with E-state index in [4.69, 9.17) is 10.5 Å². The molecule has 1 aromatic carbocycles. The van der Waals surface area contributed by atoms with Gasteiger partial charge in [0.05, 0.1) is 18.1 Å². The van der Waals surface area contributed by atoms with E-state index >= 15 is 0 Å². The molecule has 1 aromatic heterocycles. The first-order valence-electron chi connectivity index (χ1n) is 7.13. The van der Waals surface area contributed by atoms with Crippen LogP contribution in [0.3, 0.4) is 0 Å². The second-order valence-corrected chi connectivity index (χ2v) is 4.88. The van der Waals surface area contributed by atoms with Crippen LogP contribution in [0.5, 0.6) is 5.75 Å². The molecule has 1 unspecified atom stereocenters. The molecule has 114 valence electrons. The summed E-state index contributed by atoms with van der Waals surface area (Å²) in [5, 5.41) is 0. The molecular weight excluding hydrogens is 268 g/mol. The fourth-order valence-electron chi connectivity index (χ4n) is 2.54. The van der Waals surface area contributed by atoms with Crippen molar-refractivity contribution in [3.05, 3.63) is 18.2 Å². The first kappa shape index (κ1) is 15.2. The third-order valence-corrected chi connectivity index (χ3v) is 3.74. The number of hydrogen-bond acceptors (Lipinski definition) is 4. The molecule has 0 aliphatic rings. The van der Waals surface area contributed by atoms with Crippen molar-refractivity contribution < 1.29 is 9.53 Å². The minimum absolute atomic E-state index is 0.0434. The van der Waals surface area contributed by atoms with Gasteiger partial charge in [0.25, 0.3) is 0 Å². The van der Waals surface area contributed by atoms with E-state index in [2.05, 4.69) is 4.98 Å². The number of nitrogen functional groups attached to an aromatic ring is 1. The molecule has 0 saturated carbocycles. The average molecular weight is 290 g/mol. The number of aromatic nitrogens is 2. The van der Waals surface area contributed by atoms with Crippen molar-refractivity contribution >= 4 is 22.9 Å². The first-order chi connectivity index (χ1) is 10.0. The normalized spacial score (nSPS) is 12.4. The van der Waals surface area contributed by atoms with Crippen LogP contribution in [0.15, 0.2) is 18.2 Å². The van der Waals surface area contributed by atoms with Gasteiger partial charge in [0, 0.05) is 19.2 Å². The quantitative estimate of drug-likeness (QED) is 0.914. The molecule has 2 aromatic rings. The zero-order valence-electron chi connectivity index (χ0n) is 13.0. The molecule has 0 aliphatic carbocycles. The molecule has 0 bridgehead atoms. The second kappa shape index (κ2) is 6.03. The summed E-state index contributed by atoms with van der Waals surface area (Å²) in [6, 6.07) is 5.15. The Morgan fingerprint density at radius 1 is 1.43 bits per heavy atom. The fourth-order valence-corrected chi connectivity index (χ4v) is 2.54. The Balaban J connectivity index is 2.46. The fraction of sp³-hybridized carbons (Fsp3) is 0.467. The van der Waals surface area contributed by atoms with Crippen LogP contribution in [0.1, 0.15) is 26.8 Å². The van der Waals surface area contributed by atoms with E-state index in [-0.39, 0.29) is 11.9 Å². The van der Waals surface area contributed by atoms with Gasteiger partial charge in [-0.2, -0.15) is 0 Å². The summed E-state index contributed by atoms with van der Waals surface area (Å²) in [7, 11) is 1.61. The van der Waals surface area contributed by atoms with E-state index < -0.39 is 0 Å². The van der Waals surface area contributed by atoms with Gasteiger partial charge in [0.15, 0.2) is 0 Å². The molecule has 6 heteroatoms. The number of ether oxygens (including phenoxy) is 1. The number of nitrogens with zero attached hydrogens (tertiary/aromatic N) is 3. The Labute approximate surface area is 124 Å². The van der Waals surface area contributed by atoms with Gasteiger partial charge in [-0.25, -0.2) is 4.98 Å². The summed E-state index contributed by atoms with van der Waals surface area (Å²) >= 11 is 0. The summed E-state index contributed by atoms with van der Waals surface area (Å²) in [4.78, 5) is 18.6. The largest absolute Gasteiger partial charge is 0.497 e. The van der Waals surface area contributed by atoms with Gasteiger partial charge in [0.1, 0.15) is 11.8 Å². The van der Waals surface area contributed by atoms with Crippen LogP contribution >= 0.6 is 0 Å². The van der Waals surface area contributed by atoms with Crippen molar-refractivity contribution in [2.24, 2.45) is 0 Å². The standard InChI is InChI=1S/C15H22N4O2/c1-5-18(6-2)14(20)10(3)19-13-8-7-11(21-4)9-12(13)17-15(19)16/h7-10H,5-6H2,1-4H3,(H2,16,17). The average Bonchev–Trinajstić information content (AvgIpc) is 2.82. The number of imidazole rings is 1. The highest BCUT2D eigenvalue weighted by atomic mass is 16.5. The van der Waals surface area contributed by atoms with Crippen LogP contribution in [0.2, 0.25) is 0 Å². The second-order valence-electron chi connectivity index (χ2n) is 4.88. The number of amides is 1. The van der Waals surface area contributed by atoms with Gasteiger partial charge in [-0.1, -0.05) is 0 Å². The lowest BCUT2D eigenvalue weighted by molar-refractivity contribution is -0.133. The molecule has 0 saturated heterocycles. The van der Waals surface area contributed by atoms with E-state index in [0.29, 0.717) is 19.0 Å². The van der Waals surface area contributed by atoms with Gasteiger partial charge in [-0.3, -0.25) is 9.36 Å². The van der Waals surface area contributed by atoms with Crippen LogP contribution in [-0.4, -0.2) is 40.6 Å². The van der Waals surface area contributed by atoms with E-state index in [0.717, 1.165) is 16.8 Å². The van der Waals surface area contributed by atoms with Gasteiger partial charge in [-0.05, 0) is 32.9 Å². The third kappa shape index (κ3) is 2.66. The molecule has 2 rings (SSSR count). The Hall–Kier alpha value is -2.24. The number of fused-ring (bicyclic) bond motifs is 1. The Kier molecular flexibility index (Phi) is 4.35. The van der Waals surface area contributed by atoms with Crippen LogP contribution in [-0.2, 0) is 4.79 Å². The molecule has 2 N–H and O–H groups in total. The van der Waals surface area contributed by atoms with Crippen molar-refractivity contribution in [1.29, 1.82) is 0 Å². The van der Waals surface area contributed by atoms with Gasteiger partial charge < -0.3 is 15.4 Å². The first-order valence-corrected chi connectivity index (χ1v) is 7.13. The number of methoxy groups -OCH3 is 1. The Morgan fingerprint density at radius 3 is 2.67 bits per heavy atom. The number of rotatable bonds is 5. The van der Waals surface area contributed by atoms with Crippen molar-refractivity contribution in [1.82, 2.24) is 14.5 Å². The maximum absolute atomic E-state index is 12.5. The molecule has 1 atom stereocenters. The lowest BCUT2D eigenvalue weighted by Gasteiger charge is -2.24. The summed E-state index contributed by atoms with van der Waals surface area (Å²) in [6.45, 7) is 7.14. The zero-order valence-corrected chi connectivity index (χ0v) is 13.0. The molecule has 6 nitrogen and oxygen atoms in total. The van der Waals surface area contributed by atoms with E-state index in [1.807, 2.05) is 39.0 Å². The molecule has 1 heterocycles. The third-order valence-electron chi connectivity index (χ3n) is 3.74. The van der Waals surface area contributed by atoms with Crippen molar-refractivity contribution in [3.8, 4) is 5.75 Å². The number of likely N-dealkylation sites (N-methyl/N-ethyl adjacent to an activating group) is 1.